The molecule has 0 aliphatic heterocycles. The van der Waals surface area contributed by atoms with Gasteiger partial charge in [-0.1, -0.05) is 26.7 Å². The number of nitrogens with zero attached hydrogens (tertiary/aromatic N) is 2. The third-order valence-electron chi connectivity index (χ3n) is 3.44. The zero-order chi connectivity index (χ0) is 15.2. The summed E-state index contributed by atoms with van der Waals surface area (Å²) in [5, 5.41) is 7.44. The maximum Gasteiger partial charge on any atom is 0.255 e. The molecule has 0 aromatic carbocycles. The van der Waals surface area contributed by atoms with Crippen LogP contribution in [0.5, 0.6) is 0 Å². The van der Waals surface area contributed by atoms with Gasteiger partial charge in [-0.15, -0.1) is 0 Å². The first-order valence-electron chi connectivity index (χ1n) is 7.52. The fourth-order valence-electron chi connectivity index (χ4n) is 2.49. The first kappa shape index (κ1) is 15.4. The summed E-state index contributed by atoms with van der Waals surface area (Å²) in [6, 6.07) is 3.67. The third-order valence-corrected chi connectivity index (χ3v) is 3.44. The minimum atomic E-state index is -0.0635. The molecule has 2 aromatic heterocycles. The van der Waals surface area contributed by atoms with Gasteiger partial charge in [-0.3, -0.25) is 9.48 Å². The molecule has 0 unspecified atom stereocenters. The molecule has 0 spiro atoms. The van der Waals surface area contributed by atoms with Crippen molar-refractivity contribution in [1.29, 1.82) is 0 Å². The molecule has 2 aromatic rings. The van der Waals surface area contributed by atoms with E-state index in [2.05, 4.69) is 24.3 Å². The second kappa shape index (κ2) is 7.11. The summed E-state index contributed by atoms with van der Waals surface area (Å²) >= 11 is 0. The van der Waals surface area contributed by atoms with Crippen molar-refractivity contribution < 1.29 is 9.21 Å². The number of carbonyl (C=O) groups is 1. The Morgan fingerprint density at radius 1 is 1.33 bits per heavy atom. The Kier molecular flexibility index (Phi) is 5.20. The Labute approximate surface area is 125 Å². The minimum absolute atomic E-state index is 0.0635. The second-order valence-corrected chi connectivity index (χ2v) is 5.15. The summed E-state index contributed by atoms with van der Waals surface area (Å²) in [5.74, 6) is 0.688. The molecule has 0 aliphatic rings. The average Bonchev–Trinajstić information content (AvgIpc) is 3.06. The number of carbonyl (C=O) groups excluding carboxylic acids is 1. The lowest BCUT2D eigenvalue weighted by atomic mass is 10.1. The van der Waals surface area contributed by atoms with Crippen LogP contribution in [0.25, 0.3) is 0 Å². The molecule has 0 fully saturated rings. The monoisotopic (exact) mass is 289 g/mol. The number of hydrogen-bond acceptors (Lipinski definition) is 3. The molecule has 0 bridgehead atoms. The van der Waals surface area contributed by atoms with E-state index in [1.54, 1.807) is 6.26 Å². The molecule has 2 rings (SSSR count). The molecule has 5 heteroatoms. The summed E-state index contributed by atoms with van der Waals surface area (Å²) in [5.41, 5.74) is 2.64. The summed E-state index contributed by atoms with van der Waals surface area (Å²) in [6.45, 7) is 4.60. The summed E-state index contributed by atoms with van der Waals surface area (Å²) in [4.78, 5) is 12.5. The van der Waals surface area contributed by atoms with Gasteiger partial charge < -0.3 is 9.73 Å². The van der Waals surface area contributed by atoms with E-state index in [-0.39, 0.29) is 5.91 Å². The van der Waals surface area contributed by atoms with E-state index in [0.717, 1.165) is 48.4 Å². The molecule has 0 aliphatic carbocycles. The van der Waals surface area contributed by atoms with Gasteiger partial charge >= 0.3 is 0 Å². The predicted octanol–water partition coefficient (Wildman–Crippen LogP) is 2.85. The Bertz CT molecular complexity index is 585. The van der Waals surface area contributed by atoms with E-state index >= 15 is 0 Å². The largest absolute Gasteiger partial charge is 0.467 e. The highest BCUT2D eigenvalue weighted by Gasteiger charge is 2.21. The van der Waals surface area contributed by atoms with E-state index in [4.69, 9.17) is 4.42 Å². The van der Waals surface area contributed by atoms with Gasteiger partial charge in [0, 0.05) is 7.05 Å². The van der Waals surface area contributed by atoms with Crippen molar-refractivity contribution in [2.45, 2.75) is 46.1 Å². The van der Waals surface area contributed by atoms with Crippen LogP contribution in [-0.2, 0) is 26.4 Å². The summed E-state index contributed by atoms with van der Waals surface area (Å²) in [6.07, 6.45) is 5.25. The van der Waals surface area contributed by atoms with Crippen LogP contribution in [0.3, 0.4) is 0 Å². The molecule has 1 N–H and O–H groups in total. The Morgan fingerprint density at radius 2 is 2.10 bits per heavy atom. The maximum absolute atomic E-state index is 12.5. The van der Waals surface area contributed by atoms with Crippen molar-refractivity contribution >= 4 is 5.91 Å². The second-order valence-electron chi connectivity index (χ2n) is 5.15. The SMILES string of the molecule is CCCc1nn(C)c(CCC)c1C(=O)NCc1ccco1. The summed E-state index contributed by atoms with van der Waals surface area (Å²) < 4.78 is 7.09. The third kappa shape index (κ3) is 3.54. The zero-order valence-electron chi connectivity index (χ0n) is 13.0. The highest BCUT2D eigenvalue weighted by molar-refractivity contribution is 5.96. The van der Waals surface area contributed by atoms with Crippen molar-refractivity contribution in [2.75, 3.05) is 0 Å². The van der Waals surface area contributed by atoms with E-state index in [1.165, 1.54) is 0 Å². The fourth-order valence-corrected chi connectivity index (χ4v) is 2.49. The number of nitrogens with one attached hydrogen (secondary N) is 1. The van der Waals surface area contributed by atoms with Gasteiger partial charge in [0.25, 0.3) is 5.91 Å². The number of aromatic nitrogens is 2. The van der Waals surface area contributed by atoms with Crippen LogP contribution in [0.2, 0.25) is 0 Å². The number of hydrogen-bond donors (Lipinski definition) is 1. The van der Waals surface area contributed by atoms with Crippen LogP contribution in [0.15, 0.2) is 22.8 Å². The van der Waals surface area contributed by atoms with Crippen molar-refractivity contribution in [3.8, 4) is 0 Å². The number of furan rings is 1. The van der Waals surface area contributed by atoms with E-state index in [9.17, 15) is 4.79 Å². The first-order valence-corrected chi connectivity index (χ1v) is 7.52. The van der Waals surface area contributed by atoms with E-state index in [1.807, 2.05) is 23.9 Å². The minimum Gasteiger partial charge on any atom is -0.467 e. The van der Waals surface area contributed by atoms with Crippen LogP contribution in [0.1, 0.15) is 54.2 Å². The molecule has 0 radical (unpaired) electrons. The van der Waals surface area contributed by atoms with Crippen LogP contribution in [0.4, 0.5) is 0 Å². The molecule has 0 saturated carbocycles. The molecular weight excluding hydrogens is 266 g/mol. The fraction of sp³-hybridized carbons (Fsp3) is 0.500. The average molecular weight is 289 g/mol. The Balaban J connectivity index is 2.20. The molecule has 5 nitrogen and oxygen atoms in total. The van der Waals surface area contributed by atoms with Crippen molar-refractivity contribution in [2.24, 2.45) is 7.05 Å². The van der Waals surface area contributed by atoms with Crippen LogP contribution in [-0.4, -0.2) is 15.7 Å². The molecule has 2 heterocycles. The topological polar surface area (TPSA) is 60.1 Å². The van der Waals surface area contributed by atoms with Crippen molar-refractivity contribution in [3.63, 3.8) is 0 Å². The summed E-state index contributed by atoms with van der Waals surface area (Å²) in [7, 11) is 1.91. The van der Waals surface area contributed by atoms with Gasteiger partial charge in [-0.2, -0.15) is 5.10 Å². The standard InChI is InChI=1S/C16H23N3O2/c1-4-7-13-15(14(8-5-2)19(3)18-13)16(20)17-11-12-9-6-10-21-12/h6,9-10H,4-5,7-8,11H2,1-3H3,(H,17,20). The van der Waals surface area contributed by atoms with Crippen LogP contribution in [0, 0.1) is 0 Å². The number of amides is 1. The molecule has 21 heavy (non-hydrogen) atoms. The lowest BCUT2D eigenvalue weighted by Gasteiger charge is -2.07. The smallest absolute Gasteiger partial charge is 0.255 e. The van der Waals surface area contributed by atoms with Gasteiger partial charge in [0.05, 0.1) is 29.8 Å². The zero-order valence-corrected chi connectivity index (χ0v) is 13.0. The number of rotatable bonds is 7. The normalized spacial score (nSPS) is 10.8. The van der Waals surface area contributed by atoms with Gasteiger partial charge in [-0.05, 0) is 25.0 Å². The first-order chi connectivity index (χ1) is 10.2. The molecule has 114 valence electrons. The molecule has 0 atom stereocenters. The predicted molar refractivity (Wildman–Crippen MR) is 81.1 cm³/mol. The lowest BCUT2D eigenvalue weighted by Crippen LogP contribution is -2.24. The van der Waals surface area contributed by atoms with E-state index in [0.29, 0.717) is 6.54 Å². The highest BCUT2D eigenvalue weighted by Crippen LogP contribution is 2.17. The molecular formula is C16H23N3O2. The number of aryl methyl sites for hydroxylation is 2. The maximum atomic E-state index is 12.5. The lowest BCUT2D eigenvalue weighted by molar-refractivity contribution is 0.0946. The van der Waals surface area contributed by atoms with Gasteiger partial charge in [0.2, 0.25) is 0 Å². The Morgan fingerprint density at radius 3 is 2.71 bits per heavy atom. The van der Waals surface area contributed by atoms with Gasteiger partial charge in [-0.25, -0.2) is 0 Å². The van der Waals surface area contributed by atoms with Crippen LogP contribution < -0.4 is 5.32 Å². The van der Waals surface area contributed by atoms with Crippen molar-refractivity contribution in [3.05, 3.63) is 41.1 Å². The van der Waals surface area contributed by atoms with Gasteiger partial charge in [0.15, 0.2) is 0 Å². The van der Waals surface area contributed by atoms with Gasteiger partial charge in [0.1, 0.15) is 5.76 Å². The van der Waals surface area contributed by atoms with Crippen LogP contribution >= 0.6 is 0 Å². The molecule has 1 amide bonds. The molecule has 0 saturated heterocycles. The highest BCUT2D eigenvalue weighted by atomic mass is 16.3. The van der Waals surface area contributed by atoms with Crippen molar-refractivity contribution in [1.82, 2.24) is 15.1 Å². The van der Waals surface area contributed by atoms with E-state index < -0.39 is 0 Å². The quantitative estimate of drug-likeness (QED) is 0.852. The Hall–Kier alpha value is -2.04.